The fourth-order valence-corrected chi connectivity index (χ4v) is 1.56. The first-order chi connectivity index (χ1) is 7.00. The molecule has 2 atom stereocenters. The first kappa shape index (κ1) is 11.8. The number of hydrogen-bond acceptors (Lipinski definition) is 2. The third-order valence-electron chi connectivity index (χ3n) is 2.93. The van der Waals surface area contributed by atoms with Crippen LogP contribution in [0.4, 0.5) is 4.79 Å². The molecule has 3 N–H and O–H groups in total. The third kappa shape index (κ3) is 3.42. The lowest BCUT2D eigenvalue weighted by atomic mass is 9.80. The highest BCUT2D eigenvalue weighted by atomic mass is 16.4. The van der Waals surface area contributed by atoms with Gasteiger partial charge in [-0.05, 0) is 32.6 Å². The van der Waals surface area contributed by atoms with Gasteiger partial charge in [-0.25, -0.2) is 4.79 Å². The molecule has 0 aromatic rings. The van der Waals surface area contributed by atoms with Gasteiger partial charge in [0.1, 0.15) is 6.04 Å². The maximum Gasteiger partial charge on any atom is 0.325 e. The van der Waals surface area contributed by atoms with E-state index in [0.717, 1.165) is 12.8 Å². The molecule has 0 aliphatic heterocycles. The Morgan fingerprint density at radius 3 is 2.27 bits per heavy atom. The Bertz CT molecular complexity index is 251. The highest BCUT2D eigenvalue weighted by Gasteiger charge is 2.25. The maximum absolute atomic E-state index is 11.3. The van der Waals surface area contributed by atoms with Gasteiger partial charge in [-0.3, -0.25) is 4.79 Å². The van der Waals surface area contributed by atoms with Crippen molar-refractivity contribution in [2.45, 2.75) is 45.2 Å². The van der Waals surface area contributed by atoms with Gasteiger partial charge in [0, 0.05) is 6.04 Å². The largest absolute Gasteiger partial charge is 0.480 e. The van der Waals surface area contributed by atoms with E-state index >= 15 is 0 Å². The lowest BCUT2D eigenvalue weighted by molar-refractivity contribution is -0.138. The van der Waals surface area contributed by atoms with E-state index in [2.05, 4.69) is 10.6 Å². The zero-order valence-electron chi connectivity index (χ0n) is 9.12. The molecule has 1 saturated carbocycles. The van der Waals surface area contributed by atoms with Gasteiger partial charge in [0.25, 0.3) is 0 Å². The molecule has 1 rings (SSSR count). The minimum Gasteiger partial charge on any atom is -0.480 e. The average molecular weight is 214 g/mol. The van der Waals surface area contributed by atoms with E-state index in [9.17, 15) is 9.59 Å². The summed E-state index contributed by atoms with van der Waals surface area (Å²) in [7, 11) is 0. The summed E-state index contributed by atoms with van der Waals surface area (Å²) in [6, 6.07) is -1.12. The molecular weight excluding hydrogens is 196 g/mol. The van der Waals surface area contributed by atoms with Crippen LogP contribution in [0.3, 0.4) is 0 Å². The van der Waals surface area contributed by atoms with Crippen molar-refractivity contribution in [2.75, 3.05) is 0 Å². The lowest BCUT2D eigenvalue weighted by Crippen LogP contribution is -2.49. The number of urea groups is 1. The second-order valence-corrected chi connectivity index (χ2v) is 4.16. The van der Waals surface area contributed by atoms with E-state index in [1.54, 1.807) is 0 Å². The summed E-state index contributed by atoms with van der Waals surface area (Å²) in [6.45, 7) is 3.39. The second kappa shape index (κ2) is 5.00. The normalized spacial score (nSPS) is 19.9. The Hall–Kier alpha value is -1.26. The van der Waals surface area contributed by atoms with E-state index in [1.165, 1.54) is 13.3 Å². The number of rotatable bonds is 4. The van der Waals surface area contributed by atoms with E-state index < -0.39 is 18.0 Å². The quantitative estimate of drug-likeness (QED) is 0.652. The molecule has 5 nitrogen and oxygen atoms in total. The molecule has 0 bridgehead atoms. The highest BCUT2D eigenvalue weighted by Crippen LogP contribution is 2.29. The zero-order chi connectivity index (χ0) is 11.4. The highest BCUT2D eigenvalue weighted by molar-refractivity contribution is 5.82. The number of carbonyl (C=O) groups excluding carboxylic acids is 1. The second-order valence-electron chi connectivity index (χ2n) is 4.16. The van der Waals surface area contributed by atoms with Crippen LogP contribution < -0.4 is 10.6 Å². The molecule has 86 valence electrons. The van der Waals surface area contributed by atoms with Crippen LogP contribution in [0.5, 0.6) is 0 Å². The van der Waals surface area contributed by atoms with Crippen molar-refractivity contribution >= 4 is 12.0 Å². The predicted octanol–water partition coefficient (Wildman–Crippen LogP) is 0.947. The molecule has 0 aromatic carbocycles. The topological polar surface area (TPSA) is 78.4 Å². The molecule has 0 heterocycles. The van der Waals surface area contributed by atoms with Crippen LogP contribution in [0.2, 0.25) is 0 Å². The van der Waals surface area contributed by atoms with Crippen LogP contribution in [0, 0.1) is 5.92 Å². The van der Waals surface area contributed by atoms with E-state index in [0.29, 0.717) is 5.92 Å². The molecule has 0 radical (unpaired) electrons. The minimum atomic E-state index is -1.03. The summed E-state index contributed by atoms with van der Waals surface area (Å²) in [5, 5.41) is 13.7. The van der Waals surface area contributed by atoms with Gasteiger partial charge in [-0.1, -0.05) is 6.42 Å². The number of hydrogen-bond donors (Lipinski definition) is 3. The molecule has 1 aliphatic rings. The summed E-state index contributed by atoms with van der Waals surface area (Å²) in [5.41, 5.74) is 0. The Morgan fingerprint density at radius 2 is 1.87 bits per heavy atom. The Morgan fingerprint density at radius 1 is 1.27 bits per heavy atom. The van der Waals surface area contributed by atoms with Gasteiger partial charge >= 0.3 is 12.0 Å². The van der Waals surface area contributed by atoms with Crippen LogP contribution in [-0.2, 0) is 4.79 Å². The molecular formula is C10H18N2O3. The zero-order valence-corrected chi connectivity index (χ0v) is 9.12. The van der Waals surface area contributed by atoms with Gasteiger partial charge < -0.3 is 15.7 Å². The van der Waals surface area contributed by atoms with Crippen molar-refractivity contribution in [3.63, 3.8) is 0 Å². The van der Waals surface area contributed by atoms with Gasteiger partial charge in [0.2, 0.25) is 0 Å². The molecule has 0 aromatic heterocycles. The van der Waals surface area contributed by atoms with E-state index in [1.807, 2.05) is 6.92 Å². The summed E-state index contributed by atoms with van der Waals surface area (Å²) >= 11 is 0. The Labute approximate surface area is 89.2 Å². The number of nitrogens with one attached hydrogen (secondary N) is 2. The maximum atomic E-state index is 11.3. The molecule has 15 heavy (non-hydrogen) atoms. The average Bonchev–Trinajstić information content (AvgIpc) is 1.99. The third-order valence-corrected chi connectivity index (χ3v) is 2.93. The molecule has 1 unspecified atom stereocenters. The van der Waals surface area contributed by atoms with Crippen LogP contribution in [0.1, 0.15) is 33.1 Å². The standard InChI is InChI=1S/C10H18N2O3/c1-6(8-4-3-5-8)11-10(15)12-7(2)9(13)14/h6-8H,3-5H2,1-2H3,(H,13,14)(H2,11,12,15)/t6?,7-/m1/s1. The van der Waals surface area contributed by atoms with Gasteiger partial charge in [0.15, 0.2) is 0 Å². The van der Waals surface area contributed by atoms with E-state index in [4.69, 9.17) is 5.11 Å². The smallest absolute Gasteiger partial charge is 0.325 e. The number of carboxylic acids is 1. The number of amides is 2. The fraction of sp³-hybridized carbons (Fsp3) is 0.800. The Kier molecular flexibility index (Phi) is 3.94. The van der Waals surface area contributed by atoms with Crippen molar-refractivity contribution in [2.24, 2.45) is 5.92 Å². The Balaban J connectivity index is 2.25. The van der Waals surface area contributed by atoms with Crippen LogP contribution in [-0.4, -0.2) is 29.2 Å². The fourth-order valence-electron chi connectivity index (χ4n) is 1.56. The number of carbonyl (C=O) groups is 2. The summed E-state index contributed by atoms with van der Waals surface area (Å²) < 4.78 is 0. The monoisotopic (exact) mass is 214 g/mol. The van der Waals surface area contributed by atoms with E-state index in [-0.39, 0.29) is 6.04 Å². The lowest BCUT2D eigenvalue weighted by Gasteiger charge is -2.32. The molecule has 1 aliphatic carbocycles. The molecule has 0 spiro atoms. The van der Waals surface area contributed by atoms with Gasteiger partial charge in [-0.2, -0.15) is 0 Å². The van der Waals surface area contributed by atoms with Crippen LogP contribution in [0.15, 0.2) is 0 Å². The summed E-state index contributed by atoms with van der Waals surface area (Å²) in [4.78, 5) is 21.8. The number of carboxylic acid groups (broad SMARTS) is 1. The molecule has 5 heteroatoms. The SMILES string of the molecule is CC(NC(=O)N[C@H](C)C(=O)O)C1CCC1. The van der Waals surface area contributed by atoms with Crippen molar-refractivity contribution in [3.8, 4) is 0 Å². The summed E-state index contributed by atoms with van der Waals surface area (Å²) in [5.74, 6) is -0.475. The predicted molar refractivity (Wildman–Crippen MR) is 55.6 cm³/mol. The first-order valence-electron chi connectivity index (χ1n) is 5.30. The van der Waals surface area contributed by atoms with Crippen molar-refractivity contribution in [1.82, 2.24) is 10.6 Å². The summed E-state index contributed by atoms with van der Waals surface area (Å²) in [6.07, 6.45) is 3.52. The molecule has 0 saturated heterocycles. The minimum absolute atomic E-state index is 0.125. The van der Waals surface area contributed by atoms with Crippen molar-refractivity contribution in [3.05, 3.63) is 0 Å². The molecule has 1 fully saturated rings. The van der Waals surface area contributed by atoms with Gasteiger partial charge in [-0.15, -0.1) is 0 Å². The first-order valence-corrected chi connectivity index (χ1v) is 5.30. The van der Waals surface area contributed by atoms with Crippen molar-refractivity contribution in [1.29, 1.82) is 0 Å². The van der Waals surface area contributed by atoms with Crippen molar-refractivity contribution < 1.29 is 14.7 Å². The number of aliphatic carboxylic acids is 1. The van der Waals surface area contributed by atoms with Crippen LogP contribution >= 0.6 is 0 Å². The molecule has 2 amide bonds. The van der Waals surface area contributed by atoms with Crippen LogP contribution in [0.25, 0.3) is 0 Å². The van der Waals surface area contributed by atoms with Gasteiger partial charge in [0.05, 0.1) is 0 Å².